The molecule has 2 aromatic rings. The summed E-state index contributed by atoms with van der Waals surface area (Å²) < 4.78 is 1.46. The smallest absolute Gasteiger partial charge is 0.242 e. The number of aromatic nitrogens is 3. The molecule has 0 unspecified atom stereocenters. The summed E-state index contributed by atoms with van der Waals surface area (Å²) in [7, 11) is 0. The van der Waals surface area contributed by atoms with Gasteiger partial charge in [0.05, 0.1) is 17.6 Å². The Morgan fingerprint density at radius 1 is 1.53 bits per heavy atom. The van der Waals surface area contributed by atoms with Crippen molar-refractivity contribution < 1.29 is 9.90 Å². The summed E-state index contributed by atoms with van der Waals surface area (Å²) in [6.45, 7) is 0.462. The number of thiophene rings is 1. The van der Waals surface area contributed by atoms with Crippen molar-refractivity contribution in [3.05, 3.63) is 34.3 Å². The van der Waals surface area contributed by atoms with Crippen LogP contribution in [0.4, 0.5) is 0 Å². The van der Waals surface area contributed by atoms with Crippen LogP contribution >= 0.6 is 11.3 Å². The number of nitrogens with zero attached hydrogens (tertiary/aromatic N) is 3. The molecule has 0 aliphatic heterocycles. The van der Waals surface area contributed by atoms with Gasteiger partial charge in [-0.3, -0.25) is 4.79 Å². The lowest BCUT2D eigenvalue weighted by molar-refractivity contribution is -0.122. The Hall–Kier alpha value is -2.17. The van der Waals surface area contributed by atoms with E-state index >= 15 is 0 Å². The number of aliphatic hydroxyl groups excluding tert-OH is 1. The summed E-state index contributed by atoms with van der Waals surface area (Å²) in [5.41, 5.74) is 0. The van der Waals surface area contributed by atoms with E-state index in [1.807, 2.05) is 12.1 Å². The number of hydrogen-bond donors (Lipinski definition) is 2. The number of nitrogens with one attached hydrogen (secondary N) is 1. The maximum Gasteiger partial charge on any atom is 0.242 e. The average molecular weight is 276 g/mol. The highest BCUT2D eigenvalue weighted by molar-refractivity contribution is 7.12. The molecule has 0 saturated carbocycles. The Morgan fingerprint density at radius 2 is 2.42 bits per heavy atom. The van der Waals surface area contributed by atoms with Crippen molar-refractivity contribution in [1.29, 1.82) is 0 Å². The first-order chi connectivity index (χ1) is 9.28. The Bertz CT molecular complexity index is 595. The summed E-state index contributed by atoms with van der Waals surface area (Å²) in [5.74, 6) is 5.28. The Balaban J connectivity index is 1.81. The van der Waals surface area contributed by atoms with Crippen molar-refractivity contribution in [2.45, 2.75) is 13.1 Å². The molecule has 1 amide bonds. The molecule has 0 saturated heterocycles. The van der Waals surface area contributed by atoms with E-state index in [0.29, 0.717) is 6.54 Å². The van der Waals surface area contributed by atoms with Gasteiger partial charge < -0.3 is 10.4 Å². The second-order valence-corrected chi connectivity index (χ2v) is 4.77. The zero-order chi connectivity index (χ0) is 13.5. The van der Waals surface area contributed by atoms with Crippen LogP contribution in [0.3, 0.4) is 0 Å². The van der Waals surface area contributed by atoms with Crippen molar-refractivity contribution in [3.63, 3.8) is 0 Å². The van der Waals surface area contributed by atoms with Gasteiger partial charge in [-0.1, -0.05) is 17.1 Å². The highest BCUT2D eigenvalue weighted by atomic mass is 32.1. The van der Waals surface area contributed by atoms with Crippen molar-refractivity contribution >= 4 is 17.2 Å². The lowest BCUT2D eigenvalue weighted by Gasteiger charge is -2.02. The van der Waals surface area contributed by atoms with Crippen LogP contribution < -0.4 is 5.32 Å². The molecule has 0 aliphatic rings. The summed E-state index contributed by atoms with van der Waals surface area (Å²) in [6.07, 6.45) is 3.16. The largest absolute Gasteiger partial charge is 0.384 e. The number of carbonyl (C=O) groups is 1. The number of hydrogen-bond acceptors (Lipinski definition) is 5. The minimum Gasteiger partial charge on any atom is -0.384 e. The van der Waals surface area contributed by atoms with Gasteiger partial charge in [-0.2, -0.15) is 0 Å². The molecule has 0 atom stereocenters. The van der Waals surface area contributed by atoms with Crippen LogP contribution in [0.25, 0.3) is 0 Å². The second-order valence-electron chi connectivity index (χ2n) is 3.60. The van der Waals surface area contributed by atoms with Gasteiger partial charge in [0, 0.05) is 11.1 Å². The number of carbonyl (C=O) groups excluding carboxylic acids is 1. The molecular formula is C12H12N4O2S. The molecule has 0 aromatic carbocycles. The minimum atomic E-state index is -0.151. The molecule has 0 fully saturated rings. The van der Waals surface area contributed by atoms with Gasteiger partial charge in [0.1, 0.15) is 13.2 Å². The third-order valence-electron chi connectivity index (χ3n) is 2.19. The molecule has 6 nitrogen and oxygen atoms in total. The third-order valence-corrected chi connectivity index (χ3v) is 3.19. The normalized spacial score (nSPS) is 9.74. The summed E-state index contributed by atoms with van der Waals surface area (Å²) in [4.78, 5) is 13.5. The molecule has 98 valence electrons. The average Bonchev–Trinajstić information content (AvgIpc) is 3.05. The highest BCUT2D eigenvalue weighted by Gasteiger charge is 2.04. The van der Waals surface area contributed by atoms with Gasteiger partial charge in [0.2, 0.25) is 5.91 Å². The molecule has 2 rings (SSSR count). The van der Waals surface area contributed by atoms with E-state index in [1.54, 1.807) is 6.20 Å². The van der Waals surface area contributed by atoms with E-state index in [-0.39, 0.29) is 19.1 Å². The predicted molar refractivity (Wildman–Crippen MR) is 70.2 cm³/mol. The van der Waals surface area contributed by atoms with Crippen molar-refractivity contribution in [2.24, 2.45) is 0 Å². The lowest BCUT2D eigenvalue weighted by Crippen LogP contribution is -2.27. The first-order valence-corrected chi connectivity index (χ1v) is 6.39. The molecule has 0 bridgehead atoms. The monoisotopic (exact) mass is 276 g/mol. The molecule has 2 aromatic heterocycles. The molecular weight excluding hydrogens is 264 g/mol. The van der Waals surface area contributed by atoms with Gasteiger partial charge in [0.25, 0.3) is 0 Å². The van der Waals surface area contributed by atoms with Crippen LogP contribution in [-0.2, 0) is 17.9 Å². The molecule has 2 N–H and O–H groups in total. The summed E-state index contributed by atoms with van der Waals surface area (Å²) >= 11 is 1.49. The van der Waals surface area contributed by atoms with E-state index in [9.17, 15) is 4.79 Å². The number of amides is 1. The Labute approximate surface area is 114 Å². The summed E-state index contributed by atoms with van der Waals surface area (Å²) in [5, 5.41) is 18.7. The predicted octanol–water partition coefficient (Wildman–Crippen LogP) is -0.000200. The Kier molecular flexibility index (Phi) is 4.66. The fourth-order valence-corrected chi connectivity index (χ4v) is 2.19. The van der Waals surface area contributed by atoms with Crippen molar-refractivity contribution in [3.8, 4) is 11.8 Å². The van der Waals surface area contributed by atoms with E-state index in [4.69, 9.17) is 5.11 Å². The Morgan fingerprint density at radius 3 is 3.16 bits per heavy atom. The van der Waals surface area contributed by atoms with Gasteiger partial charge in [-0.15, -0.1) is 16.4 Å². The zero-order valence-corrected chi connectivity index (χ0v) is 10.9. The van der Waals surface area contributed by atoms with Gasteiger partial charge in [-0.05, 0) is 12.1 Å². The van der Waals surface area contributed by atoms with E-state index in [0.717, 1.165) is 9.75 Å². The van der Waals surface area contributed by atoms with Crippen molar-refractivity contribution in [2.75, 3.05) is 6.61 Å². The molecule has 0 radical (unpaired) electrons. The highest BCUT2D eigenvalue weighted by Crippen LogP contribution is 2.14. The standard InChI is InChI=1S/C12H12N4O2S/c17-7-1-2-10-3-4-11(19-10)8-13-12(18)9-16-6-5-14-15-16/h3-6,17H,7-9H2,(H,13,18). The lowest BCUT2D eigenvalue weighted by atomic mass is 10.4. The second kappa shape index (κ2) is 6.68. The minimum absolute atomic E-state index is 0.123. The van der Waals surface area contributed by atoms with Crippen LogP contribution in [0.15, 0.2) is 24.5 Å². The van der Waals surface area contributed by atoms with Gasteiger partial charge in [-0.25, -0.2) is 4.68 Å². The third kappa shape index (κ3) is 4.21. The van der Waals surface area contributed by atoms with Gasteiger partial charge >= 0.3 is 0 Å². The van der Waals surface area contributed by atoms with Crippen LogP contribution in [-0.4, -0.2) is 32.6 Å². The van der Waals surface area contributed by atoms with Crippen molar-refractivity contribution in [1.82, 2.24) is 20.3 Å². The maximum atomic E-state index is 11.6. The van der Waals surface area contributed by atoms with Crippen LogP contribution in [0.2, 0.25) is 0 Å². The van der Waals surface area contributed by atoms with Gasteiger partial charge in [0.15, 0.2) is 0 Å². The molecule has 0 spiro atoms. The number of aliphatic hydroxyl groups is 1. The SMILES string of the molecule is O=C(Cn1ccnn1)NCc1ccc(C#CCO)s1. The van der Waals surface area contributed by atoms with Crippen LogP contribution in [0.5, 0.6) is 0 Å². The fraction of sp³-hybridized carbons (Fsp3) is 0.250. The van der Waals surface area contributed by atoms with Crippen LogP contribution in [0.1, 0.15) is 9.75 Å². The molecule has 2 heterocycles. The summed E-state index contributed by atoms with van der Waals surface area (Å²) in [6, 6.07) is 3.77. The first-order valence-electron chi connectivity index (χ1n) is 5.57. The fourth-order valence-electron chi connectivity index (χ4n) is 1.37. The zero-order valence-electron chi connectivity index (χ0n) is 10.0. The van der Waals surface area contributed by atoms with E-state index in [1.165, 1.54) is 22.2 Å². The van der Waals surface area contributed by atoms with E-state index in [2.05, 4.69) is 27.5 Å². The first kappa shape index (κ1) is 13.3. The topological polar surface area (TPSA) is 80.0 Å². The molecule has 19 heavy (non-hydrogen) atoms. The van der Waals surface area contributed by atoms with E-state index < -0.39 is 0 Å². The molecule has 0 aliphatic carbocycles. The number of rotatable bonds is 4. The molecule has 7 heteroatoms. The quantitative estimate of drug-likeness (QED) is 0.770. The maximum absolute atomic E-state index is 11.6. The van der Waals surface area contributed by atoms with Crippen LogP contribution in [0, 0.1) is 11.8 Å².